The molecule has 3 heterocycles. The van der Waals surface area contributed by atoms with E-state index in [1.165, 1.54) is 16.8 Å². The van der Waals surface area contributed by atoms with Crippen molar-refractivity contribution in [2.45, 2.75) is 25.8 Å². The highest BCUT2D eigenvalue weighted by Crippen LogP contribution is 2.36. The number of thiophene rings is 1. The van der Waals surface area contributed by atoms with Gasteiger partial charge in [-0.05, 0) is 24.9 Å². The standard InChI is InChI=1S/C15H19ClN4OS/c1-19(2)12(21)4-3-6-20-7-5-10-11(8-20)22-15-13(10)14(16)17-9-18-15/h9H,3-8H2,1-2H3. The molecule has 0 atom stereocenters. The topological polar surface area (TPSA) is 49.3 Å². The summed E-state index contributed by atoms with van der Waals surface area (Å²) in [5, 5.41) is 1.60. The van der Waals surface area contributed by atoms with E-state index in [2.05, 4.69) is 14.9 Å². The molecule has 22 heavy (non-hydrogen) atoms. The van der Waals surface area contributed by atoms with Gasteiger partial charge in [-0.3, -0.25) is 9.69 Å². The van der Waals surface area contributed by atoms with E-state index in [1.807, 2.05) is 0 Å². The number of aromatic nitrogens is 2. The van der Waals surface area contributed by atoms with E-state index in [4.69, 9.17) is 11.6 Å². The zero-order valence-electron chi connectivity index (χ0n) is 12.8. The molecule has 2 aromatic heterocycles. The van der Waals surface area contributed by atoms with Crippen molar-refractivity contribution in [2.24, 2.45) is 0 Å². The summed E-state index contributed by atoms with van der Waals surface area (Å²) >= 11 is 7.93. The third-order valence-corrected chi connectivity index (χ3v) is 5.44. The quantitative estimate of drug-likeness (QED) is 0.804. The molecule has 0 bridgehead atoms. The lowest BCUT2D eigenvalue weighted by Crippen LogP contribution is -2.31. The van der Waals surface area contributed by atoms with Crippen molar-refractivity contribution < 1.29 is 4.79 Å². The number of amides is 1. The van der Waals surface area contributed by atoms with Crippen molar-refractivity contribution in [1.82, 2.24) is 19.8 Å². The lowest BCUT2D eigenvalue weighted by atomic mass is 10.1. The number of rotatable bonds is 4. The van der Waals surface area contributed by atoms with Gasteiger partial charge in [-0.25, -0.2) is 9.97 Å². The summed E-state index contributed by atoms with van der Waals surface area (Å²) in [5.74, 6) is 0.196. The van der Waals surface area contributed by atoms with E-state index in [0.717, 1.165) is 42.7 Å². The number of nitrogens with zero attached hydrogens (tertiary/aromatic N) is 4. The summed E-state index contributed by atoms with van der Waals surface area (Å²) in [7, 11) is 3.61. The summed E-state index contributed by atoms with van der Waals surface area (Å²) in [6.07, 6.45) is 4.01. The Kier molecular flexibility index (Phi) is 4.61. The molecule has 3 rings (SSSR count). The molecule has 118 valence electrons. The highest BCUT2D eigenvalue weighted by atomic mass is 35.5. The number of carbonyl (C=O) groups excluding carboxylic acids is 1. The van der Waals surface area contributed by atoms with Gasteiger partial charge >= 0.3 is 0 Å². The molecule has 2 aromatic rings. The first-order valence-electron chi connectivity index (χ1n) is 7.39. The molecule has 1 aliphatic rings. The molecule has 0 N–H and O–H groups in total. The van der Waals surface area contributed by atoms with Gasteiger partial charge < -0.3 is 4.90 Å². The zero-order chi connectivity index (χ0) is 15.7. The molecule has 1 amide bonds. The van der Waals surface area contributed by atoms with Crippen LogP contribution < -0.4 is 0 Å². The molecule has 0 aromatic carbocycles. The predicted octanol–water partition coefficient (Wildman–Crippen LogP) is 2.57. The van der Waals surface area contributed by atoms with Crippen LogP contribution >= 0.6 is 22.9 Å². The minimum Gasteiger partial charge on any atom is -0.349 e. The van der Waals surface area contributed by atoms with Gasteiger partial charge in [0, 0.05) is 38.5 Å². The Morgan fingerprint density at radius 3 is 3.05 bits per heavy atom. The van der Waals surface area contributed by atoms with Gasteiger partial charge in [0.2, 0.25) is 5.91 Å². The summed E-state index contributed by atoms with van der Waals surface area (Å²) in [6.45, 7) is 2.87. The van der Waals surface area contributed by atoms with Crippen LogP contribution in [-0.4, -0.2) is 52.9 Å². The van der Waals surface area contributed by atoms with Gasteiger partial charge in [0.1, 0.15) is 16.3 Å². The zero-order valence-corrected chi connectivity index (χ0v) is 14.4. The van der Waals surface area contributed by atoms with Gasteiger partial charge in [-0.1, -0.05) is 11.6 Å². The molecule has 0 fully saturated rings. The van der Waals surface area contributed by atoms with Gasteiger partial charge in [0.05, 0.1) is 5.39 Å². The van der Waals surface area contributed by atoms with Crippen molar-refractivity contribution in [3.8, 4) is 0 Å². The van der Waals surface area contributed by atoms with Crippen molar-refractivity contribution in [2.75, 3.05) is 27.2 Å². The fourth-order valence-corrected chi connectivity index (χ4v) is 4.34. The first-order chi connectivity index (χ1) is 10.6. The minimum absolute atomic E-state index is 0.196. The Balaban J connectivity index is 1.66. The van der Waals surface area contributed by atoms with Gasteiger partial charge in [-0.15, -0.1) is 11.3 Å². The van der Waals surface area contributed by atoms with E-state index in [9.17, 15) is 4.79 Å². The van der Waals surface area contributed by atoms with Crippen LogP contribution in [0.2, 0.25) is 5.15 Å². The molecule has 5 nitrogen and oxygen atoms in total. The van der Waals surface area contributed by atoms with Gasteiger partial charge in [-0.2, -0.15) is 0 Å². The third kappa shape index (κ3) is 3.09. The number of fused-ring (bicyclic) bond motifs is 3. The largest absolute Gasteiger partial charge is 0.349 e. The maximum absolute atomic E-state index is 11.6. The van der Waals surface area contributed by atoms with E-state index < -0.39 is 0 Å². The molecule has 0 spiro atoms. The molecule has 0 radical (unpaired) electrons. The molecule has 0 saturated carbocycles. The van der Waals surface area contributed by atoms with E-state index in [0.29, 0.717) is 11.6 Å². The minimum atomic E-state index is 0.196. The van der Waals surface area contributed by atoms with Crippen LogP contribution in [0.1, 0.15) is 23.3 Å². The van der Waals surface area contributed by atoms with Crippen molar-refractivity contribution in [1.29, 1.82) is 0 Å². The second kappa shape index (κ2) is 6.48. The number of carbonyl (C=O) groups is 1. The first-order valence-corrected chi connectivity index (χ1v) is 8.59. The summed E-state index contributed by atoms with van der Waals surface area (Å²) in [4.78, 5) is 26.4. The highest BCUT2D eigenvalue weighted by Gasteiger charge is 2.23. The fourth-order valence-electron chi connectivity index (χ4n) is 2.81. The maximum atomic E-state index is 11.6. The molecular formula is C15H19ClN4OS. The fraction of sp³-hybridized carbons (Fsp3) is 0.533. The SMILES string of the molecule is CN(C)C(=O)CCCN1CCc2c(sc3ncnc(Cl)c23)C1. The Hall–Kier alpha value is -1.24. The number of halogens is 1. The van der Waals surface area contributed by atoms with Crippen LogP contribution in [0, 0.1) is 0 Å². The van der Waals surface area contributed by atoms with Crippen LogP contribution in [-0.2, 0) is 17.8 Å². The summed E-state index contributed by atoms with van der Waals surface area (Å²) < 4.78 is 0. The lowest BCUT2D eigenvalue weighted by Gasteiger charge is -2.26. The first kappa shape index (κ1) is 15.6. The monoisotopic (exact) mass is 338 g/mol. The number of hydrogen-bond donors (Lipinski definition) is 0. The van der Waals surface area contributed by atoms with E-state index in [-0.39, 0.29) is 5.91 Å². The maximum Gasteiger partial charge on any atom is 0.222 e. The normalized spacial score (nSPS) is 15.0. The van der Waals surface area contributed by atoms with E-state index in [1.54, 1.807) is 30.3 Å². The average molecular weight is 339 g/mol. The Bertz CT molecular complexity index is 700. The summed E-state index contributed by atoms with van der Waals surface area (Å²) in [5.41, 5.74) is 1.31. The van der Waals surface area contributed by atoms with Crippen molar-refractivity contribution in [3.63, 3.8) is 0 Å². The smallest absolute Gasteiger partial charge is 0.222 e. The van der Waals surface area contributed by atoms with Crippen LogP contribution in [0.15, 0.2) is 6.33 Å². The molecule has 0 unspecified atom stereocenters. The van der Waals surface area contributed by atoms with Crippen molar-refractivity contribution in [3.05, 3.63) is 21.9 Å². The van der Waals surface area contributed by atoms with Gasteiger partial charge in [0.25, 0.3) is 0 Å². The second-order valence-electron chi connectivity index (χ2n) is 5.77. The Morgan fingerprint density at radius 1 is 1.45 bits per heavy atom. The van der Waals surface area contributed by atoms with Crippen LogP contribution in [0.25, 0.3) is 10.2 Å². The van der Waals surface area contributed by atoms with Crippen LogP contribution in [0.4, 0.5) is 0 Å². The average Bonchev–Trinajstić information content (AvgIpc) is 2.85. The molecule has 1 aliphatic heterocycles. The lowest BCUT2D eigenvalue weighted by molar-refractivity contribution is -0.128. The Labute approximate surface area is 138 Å². The summed E-state index contributed by atoms with van der Waals surface area (Å²) in [6, 6.07) is 0. The highest BCUT2D eigenvalue weighted by molar-refractivity contribution is 7.19. The second-order valence-corrected chi connectivity index (χ2v) is 7.21. The van der Waals surface area contributed by atoms with Gasteiger partial charge in [0.15, 0.2) is 0 Å². The van der Waals surface area contributed by atoms with E-state index >= 15 is 0 Å². The van der Waals surface area contributed by atoms with Crippen molar-refractivity contribution >= 4 is 39.1 Å². The molecule has 7 heteroatoms. The predicted molar refractivity (Wildman–Crippen MR) is 89.3 cm³/mol. The molecule has 0 aliphatic carbocycles. The van der Waals surface area contributed by atoms with Crippen LogP contribution in [0.5, 0.6) is 0 Å². The molecular weight excluding hydrogens is 320 g/mol. The molecule has 0 saturated heterocycles. The Morgan fingerprint density at radius 2 is 2.27 bits per heavy atom. The van der Waals surface area contributed by atoms with Crippen LogP contribution in [0.3, 0.4) is 0 Å². The number of hydrogen-bond acceptors (Lipinski definition) is 5. The third-order valence-electron chi connectivity index (χ3n) is 4.03.